The third kappa shape index (κ3) is 6.10. The van der Waals surface area contributed by atoms with E-state index in [0.29, 0.717) is 53.4 Å². The van der Waals surface area contributed by atoms with Crippen molar-refractivity contribution in [3.63, 3.8) is 0 Å². The van der Waals surface area contributed by atoms with E-state index < -0.39 is 17.7 Å². The molecule has 13 heteroatoms. The summed E-state index contributed by atoms with van der Waals surface area (Å²) in [5.41, 5.74) is 2.30. The molecule has 0 unspecified atom stereocenters. The highest BCUT2D eigenvalue weighted by Crippen LogP contribution is 2.40. The molecule has 3 aliphatic heterocycles. The lowest BCUT2D eigenvalue weighted by molar-refractivity contribution is -0.111. The first-order valence-electron chi connectivity index (χ1n) is 14.1. The van der Waals surface area contributed by atoms with Gasteiger partial charge >= 0.3 is 0 Å². The minimum absolute atomic E-state index is 0.314. The number of nitrogens with zero attached hydrogens (tertiary/aromatic N) is 5. The summed E-state index contributed by atoms with van der Waals surface area (Å²) in [7, 11) is 1.58. The summed E-state index contributed by atoms with van der Waals surface area (Å²) in [5, 5.41) is 7.70. The lowest BCUT2D eigenvalue weighted by Gasteiger charge is -2.43. The maximum Gasteiger partial charge on any atom is 0.247 e. The molecule has 0 bridgehead atoms. The molecule has 0 saturated carbocycles. The Balaban J connectivity index is 1.26. The van der Waals surface area contributed by atoms with Crippen LogP contribution in [0.3, 0.4) is 0 Å². The Morgan fingerprint density at radius 1 is 1.09 bits per heavy atom. The Labute approximate surface area is 248 Å². The molecule has 4 heterocycles. The van der Waals surface area contributed by atoms with Crippen molar-refractivity contribution in [1.82, 2.24) is 14.9 Å². The summed E-state index contributed by atoms with van der Waals surface area (Å²) in [4.78, 5) is 31.5. The molecule has 2 aromatic carbocycles. The molecule has 3 fully saturated rings. The number of hydrogen-bond donors (Lipinski definition) is 2. The summed E-state index contributed by atoms with van der Waals surface area (Å²) < 4.78 is 39.2. The van der Waals surface area contributed by atoms with Gasteiger partial charge in [0.2, 0.25) is 5.91 Å². The minimum atomic E-state index is -0.648. The number of hydrogen-bond acceptors (Lipinski definition) is 10. The predicted octanol–water partition coefficient (Wildman–Crippen LogP) is 4.04. The highest BCUT2D eigenvalue weighted by Gasteiger charge is 2.32. The molecule has 11 nitrogen and oxygen atoms in total. The lowest BCUT2D eigenvalue weighted by atomic mass is 10.0. The monoisotopic (exact) mass is 593 g/mol. The van der Waals surface area contributed by atoms with E-state index in [9.17, 15) is 13.6 Å². The van der Waals surface area contributed by atoms with E-state index in [1.165, 1.54) is 29.6 Å². The van der Waals surface area contributed by atoms with Crippen LogP contribution in [-0.4, -0.2) is 79.9 Å². The number of rotatable bonds is 9. The summed E-state index contributed by atoms with van der Waals surface area (Å²) in [6.07, 6.45) is 3.09. The first kappa shape index (κ1) is 28.8. The third-order valence-corrected chi connectivity index (χ3v) is 7.92. The zero-order chi connectivity index (χ0) is 29.9. The Morgan fingerprint density at radius 2 is 1.91 bits per heavy atom. The maximum atomic E-state index is 14.6. The summed E-state index contributed by atoms with van der Waals surface area (Å²) in [5.74, 6) is -0.265. The number of nitrogens with one attached hydrogen (secondary N) is 2. The number of piperazine rings is 1. The van der Waals surface area contributed by atoms with Gasteiger partial charge in [-0.05, 0) is 18.2 Å². The molecule has 226 valence electrons. The first-order valence-corrected chi connectivity index (χ1v) is 14.1. The van der Waals surface area contributed by atoms with Gasteiger partial charge in [-0.2, -0.15) is 0 Å². The van der Waals surface area contributed by atoms with Gasteiger partial charge in [-0.1, -0.05) is 12.6 Å². The highest BCUT2D eigenvalue weighted by molar-refractivity contribution is 6.02. The summed E-state index contributed by atoms with van der Waals surface area (Å²) in [6, 6.07) is 8.84. The average Bonchev–Trinajstić information content (AvgIpc) is 3.47. The summed E-state index contributed by atoms with van der Waals surface area (Å²) >= 11 is 0. The standard InChI is InChI=1S/C30H33F2N7O4/c1-3-30(40)36-23-13-24(27(41-2)14-26(23)38-9-7-37(8-10-38)20-16-42-17-20)35-28-15-29(34-18-33-28)39-25(6-11-43-39)21-5-4-19(31)12-22(21)32/h3-5,12-15,18,20,25H,1,6-11,16-17H2,2H3,(H,36,40)(H,33,34,35)/t25-/m1/s1. The second-order valence-electron chi connectivity index (χ2n) is 10.5. The smallest absolute Gasteiger partial charge is 0.247 e. The van der Waals surface area contributed by atoms with Crippen LogP contribution >= 0.6 is 0 Å². The van der Waals surface area contributed by atoms with E-state index in [4.69, 9.17) is 14.3 Å². The topological polar surface area (TPSA) is 104 Å². The van der Waals surface area contributed by atoms with Crippen molar-refractivity contribution in [2.24, 2.45) is 0 Å². The Bertz CT molecular complexity index is 1500. The van der Waals surface area contributed by atoms with E-state index in [1.54, 1.807) is 19.2 Å². The Kier molecular flexibility index (Phi) is 8.36. The van der Waals surface area contributed by atoms with Gasteiger partial charge in [0.05, 0.1) is 56.1 Å². The fraction of sp³-hybridized carbons (Fsp3) is 0.367. The highest BCUT2D eigenvalue weighted by atomic mass is 19.1. The molecule has 1 atom stereocenters. The van der Waals surface area contributed by atoms with Gasteiger partial charge < -0.3 is 25.0 Å². The third-order valence-electron chi connectivity index (χ3n) is 7.92. The molecule has 1 aromatic heterocycles. The van der Waals surface area contributed by atoms with Crippen LogP contribution in [0.2, 0.25) is 0 Å². The quantitative estimate of drug-likeness (QED) is 0.354. The van der Waals surface area contributed by atoms with Crippen molar-refractivity contribution in [2.75, 3.05) is 73.7 Å². The van der Waals surface area contributed by atoms with Crippen LogP contribution in [0.1, 0.15) is 18.0 Å². The molecular weight excluding hydrogens is 560 g/mol. The lowest BCUT2D eigenvalue weighted by Crippen LogP contribution is -2.56. The number of methoxy groups -OCH3 is 1. The number of anilines is 5. The van der Waals surface area contributed by atoms with E-state index in [0.717, 1.165) is 51.1 Å². The van der Waals surface area contributed by atoms with Crippen molar-refractivity contribution in [2.45, 2.75) is 18.5 Å². The zero-order valence-corrected chi connectivity index (χ0v) is 23.8. The normalized spacial score (nSPS) is 19.2. The van der Waals surface area contributed by atoms with Gasteiger partial charge in [0.25, 0.3) is 0 Å². The maximum absolute atomic E-state index is 14.6. The predicted molar refractivity (Wildman–Crippen MR) is 158 cm³/mol. The van der Waals surface area contributed by atoms with Crippen molar-refractivity contribution in [3.8, 4) is 5.75 Å². The number of amides is 1. The second-order valence-corrected chi connectivity index (χ2v) is 10.5. The molecule has 0 spiro atoms. The largest absolute Gasteiger partial charge is 0.494 e. The molecule has 43 heavy (non-hydrogen) atoms. The van der Waals surface area contributed by atoms with Crippen molar-refractivity contribution < 1.29 is 27.9 Å². The van der Waals surface area contributed by atoms with Crippen molar-refractivity contribution in [3.05, 3.63) is 72.6 Å². The molecule has 3 saturated heterocycles. The molecule has 0 aliphatic carbocycles. The zero-order valence-electron chi connectivity index (χ0n) is 23.8. The van der Waals surface area contributed by atoms with Crippen LogP contribution < -0.4 is 25.3 Å². The van der Waals surface area contributed by atoms with Gasteiger partial charge in [-0.25, -0.2) is 23.8 Å². The molecule has 1 amide bonds. The Hall–Kier alpha value is -4.33. The number of ether oxygens (including phenoxy) is 2. The van der Waals surface area contributed by atoms with Gasteiger partial charge in [-0.3, -0.25) is 14.5 Å². The molecule has 0 radical (unpaired) electrons. The van der Waals surface area contributed by atoms with Crippen molar-refractivity contribution in [1.29, 1.82) is 0 Å². The van der Waals surface area contributed by atoms with Gasteiger partial charge in [0, 0.05) is 56.4 Å². The summed E-state index contributed by atoms with van der Waals surface area (Å²) in [6.45, 7) is 8.82. The number of carbonyl (C=O) groups excluding carboxylic acids is 1. The van der Waals surface area contributed by atoms with Crippen molar-refractivity contribution >= 4 is 34.6 Å². The van der Waals surface area contributed by atoms with Crippen LogP contribution in [0.25, 0.3) is 0 Å². The van der Waals surface area contributed by atoms with E-state index in [2.05, 4.69) is 37.0 Å². The fourth-order valence-electron chi connectivity index (χ4n) is 5.57. The van der Waals surface area contributed by atoms with Gasteiger partial charge in [0.15, 0.2) is 5.82 Å². The first-order chi connectivity index (χ1) is 20.9. The van der Waals surface area contributed by atoms with Crippen LogP contribution in [0.4, 0.5) is 37.5 Å². The SMILES string of the molecule is C=CC(=O)Nc1cc(Nc2cc(N3OCC[C@@H]3c3ccc(F)cc3F)ncn2)c(OC)cc1N1CCN(C2COC2)CC1. The molecule has 3 aromatic rings. The fourth-order valence-corrected chi connectivity index (χ4v) is 5.57. The molecule has 2 N–H and O–H groups in total. The van der Waals surface area contributed by atoms with E-state index in [-0.39, 0.29) is 5.91 Å². The molecule has 6 rings (SSSR count). The number of benzene rings is 2. The number of halogens is 2. The number of aromatic nitrogens is 2. The van der Waals surface area contributed by atoms with Crippen LogP contribution in [0.15, 0.2) is 55.4 Å². The second kappa shape index (κ2) is 12.5. The van der Waals surface area contributed by atoms with E-state index in [1.807, 2.05) is 6.07 Å². The molecule has 3 aliphatic rings. The van der Waals surface area contributed by atoms with Gasteiger partial charge in [0.1, 0.15) is 29.5 Å². The average molecular weight is 594 g/mol. The minimum Gasteiger partial charge on any atom is -0.494 e. The number of hydroxylamine groups is 1. The van der Waals surface area contributed by atoms with Crippen LogP contribution in [0, 0.1) is 11.6 Å². The van der Waals surface area contributed by atoms with E-state index >= 15 is 0 Å². The van der Waals surface area contributed by atoms with Crippen LogP contribution in [-0.2, 0) is 14.4 Å². The Morgan fingerprint density at radius 3 is 2.60 bits per heavy atom. The number of carbonyl (C=O) groups is 1. The van der Waals surface area contributed by atoms with Crippen LogP contribution in [0.5, 0.6) is 5.75 Å². The van der Waals surface area contributed by atoms with Gasteiger partial charge in [-0.15, -0.1) is 0 Å². The molecular formula is C30H33F2N7O4.